The SMILES string of the molecule is CCC.CCc1cc(-c2nccs2)ccc1C(C)=O. The third-order valence-corrected chi connectivity index (χ3v) is 3.37. The summed E-state index contributed by atoms with van der Waals surface area (Å²) in [5.74, 6) is 0.127. The molecule has 0 spiro atoms. The van der Waals surface area contributed by atoms with Crippen LogP contribution >= 0.6 is 11.3 Å². The molecule has 0 aliphatic rings. The topological polar surface area (TPSA) is 30.0 Å². The van der Waals surface area contributed by atoms with Gasteiger partial charge in [0.2, 0.25) is 0 Å². The van der Waals surface area contributed by atoms with Crippen molar-refractivity contribution < 1.29 is 4.79 Å². The molecule has 1 heterocycles. The quantitative estimate of drug-likeness (QED) is 0.738. The molecule has 0 N–H and O–H groups in total. The second kappa shape index (κ2) is 7.85. The van der Waals surface area contributed by atoms with Crippen molar-refractivity contribution in [2.75, 3.05) is 0 Å². The van der Waals surface area contributed by atoms with Crippen LogP contribution in [0.2, 0.25) is 0 Å². The molecule has 0 bridgehead atoms. The normalized spacial score (nSPS) is 9.68. The number of rotatable bonds is 3. The van der Waals surface area contributed by atoms with E-state index in [9.17, 15) is 4.79 Å². The molecule has 0 saturated heterocycles. The van der Waals surface area contributed by atoms with Crippen molar-refractivity contribution in [1.82, 2.24) is 4.98 Å². The first-order valence-electron chi connectivity index (χ1n) is 6.67. The molecule has 3 heteroatoms. The number of thiazole rings is 1. The van der Waals surface area contributed by atoms with E-state index in [0.717, 1.165) is 28.1 Å². The van der Waals surface area contributed by atoms with Crippen LogP contribution in [0.5, 0.6) is 0 Å². The van der Waals surface area contributed by atoms with Crippen LogP contribution in [-0.2, 0) is 6.42 Å². The highest BCUT2D eigenvalue weighted by Gasteiger charge is 2.08. The maximum Gasteiger partial charge on any atom is 0.160 e. The fourth-order valence-corrected chi connectivity index (χ4v) is 2.36. The molecule has 0 radical (unpaired) electrons. The van der Waals surface area contributed by atoms with Crippen molar-refractivity contribution in [3.63, 3.8) is 0 Å². The molecular weight excluding hydrogens is 254 g/mol. The predicted molar refractivity (Wildman–Crippen MR) is 82.9 cm³/mol. The van der Waals surface area contributed by atoms with Crippen molar-refractivity contribution in [3.8, 4) is 10.6 Å². The van der Waals surface area contributed by atoms with E-state index >= 15 is 0 Å². The van der Waals surface area contributed by atoms with E-state index in [1.165, 1.54) is 6.42 Å². The standard InChI is InChI=1S/C13H13NOS.C3H8/c1-3-10-8-11(13-14-6-7-16-13)4-5-12(10)9(2)15;1-3-2/h4-8H,3H2,1-2H3;3H2,1-2H3. The number of Topliss-reactive ketones (excluding diaryl/α,β-unsaturated/α-hetero) is 1. The van der Waals surface area contributed by atoms with Gasteiger partial charge in [0, 0.05) is 22.7 Å². The minimum atomic E-state index is 0.127. The van der Waals surface area contributed by atoms with E-state index in [2.05, 4.69) is 31.8 Å². The Balaban J connectivity index is 0.000000550. The van der Waals surface area contributed by atoms with Crippen molar-refractivity contribution in [1.29, 1.82) is 0 Å². The number of carbonyl (C=O) groups excluding carboxylic acids is 1. The molecule has 102 valence electrons. The van der Waals surface area contributed by atoms with Gasteiger partial charge in [0.05, 0.1) is 0 Å². The lowest BCUT2D eigenvalue weighted by molar-refractivity contribution is 0.101. The molecule has 2 aromatic rings. The molecule has 0 unspecified atom stereocenters. The lowest BCUT2D eigenvalue weighted by atomic mass is 9.99. The lowest BCUT2D eigenvalue weighted by Crippen LogP contribution is -1.98. The highest BCUT2D eigenvalue weighted by atomic mass is 32.1. The third-order valence-electron chi connectivity index (χ3n) is 2.54. The molecule has 2 nitrogen and oxygen atoms in total. The zero-order chi connectivity index (χ0) is 14.3. The molecule has 0 saturated carbocycles. The molecule has 0 aliphatic heterocycles. The summed E-state index contributed by atoms with van der Waals surface area (Å²) >= 11 is 1.61. The van der Waals surface area contributed by atoms with Gasteiger partial charge in [0.25, 0.3) is 0 Å². The molecule has 2 rings (SSSR count). The minimum absolute atomic E-state index is 0.127. The highest BCUT2D eigenvalue weighted by Crippen LogP contribution is 2.24. The highest BCUT2D eigenvalue weighted by molar-refractivity contribution is 7.13. The Morgan fingerprint density at radius 3 is 2.42 bits per heavy atom. The Kier molecular flexibility index (Phi) is 6.43. The van der Waals surface area contributed by atoms with Gasteiger partial charge in [-0.1, -0.05) is 39.3 Å². The summed E-state index contributed by atoms with van der Waals surface area (Å²) in [4.78, 5) is 15.7. The zero-order valence-corrected chi connectivity index (χ0v) is 12.9. The van der Waals surface area contributed by atoms with Crippen LogP contribution in [0.25, 0.3) is 10.6 Å². The second-order valence-corrected chi connectivity index (χ2v) is 5.22. The van der Waals surface area contributed by atoms with Crippen LogP contribution in [0, 0.1) is 0 Å². The largest absolute Gasteiger partial charge is 0.295 e. The summed E-state index contributed by atoms with van der Waals surface area (Å²) in [6.07, 6.45) is 3.92. The number of ketones is 1. The molecule has 0 aliphatic carbocycles. The number of carbonyl (C=O) groups is 1. The average molecular weight is 275 g/mol. The predicted octanol–water partition coefficient (Wildman–Crippen LogP) is 4.99. The first-order valence-corrected chi connectivity index (χ1v) is 7.55. The Morgan fingerprint density at radius 2 is 1.95 bits per heavy atom. The van der Waals surface area contributed by atoms with E-state index in [0.29, 0.717) is 0 Å². The van der Waals surface area contributed by atoms with E-state index < -0.39 is 0 Å². The molecule has 19 heavy (non-hydrogen) atoms. The maximum absolute atomic E-state index is 11.4. The Morgan fingerprint density at radius 1 is 1.26 bits per heavy atom. The van der Waals surface area contributed by atoms with Crippen LogP contribution in [0.15, 0.2) is 29.8 Å². The van der Waals surface area contributed by atoms with E-state index in [1.807, 2.05) is 17.5 Å². The zero-order valence-electron chi connectivity index (χ0n) is 12.1. The molecule has 1 aromatic carbocycles. The van der Waals surface area contributed by atoms with Gasteiger partial charge in [-0.15, -0.1) is 11.3 Å². The number of hydrogen-bond acceptors (Lipinski definition) is 3. The second-order valence-electron chi connectivity index (χ2n) is 4.33. The molecule has 1 aromatic heterocycles. The Bertz CT molecular complexity index is 518. The van der Waals surface area contributed by atoms with Gasteiger partial charge in [0.1, 0.15) is 5.01 Å². The molecule has 0 amide bonds. The first-order chi connectivity index (χ1) is 9.13. The van der Waals surface area contributed by atoms with Crippen molar-refractivity contribution in [2.24, 2.45) is 0 Å². The molecule has 0 atom stereocenters. The van der Waals surface area contributed by atoms with Gasteiger partial charge in [-0.3, -0.25) is 4.79 Å². The third kappa shape index (κ3) is 4.28. The summed E-state index contributed by atoms with van der Waals surface area (Å²) in [5, 5.41) is 2.96. The summed E-state index contributed by atoms with van der Waals surface area (Å²) in [6.45, 7) is 7.92. The number of nitrogens with zero attached hydrogens (tertiary/aromatic N) is 1. The van der Waals surface area contributed by atoms with Crippen LogP contribution in [-0.4, -0.2) is 10.8 Å². The first kappa shape index (κ1) is 15.6. The Hall–Kier alpha value is -1.48. The molecular formula is C16H21NOS. The fraction of sp³-hybridized carbons (Fsp3) is 0.375. The lowest BCUT2D eigenvalue weighted by Gasteiger charge is -2.06. The van der Waals surface area contributed by atoms with Gasteiger partial charge in [-0.05, 0) is 25.0 Å². The van der Waals surface area contributed by atoms with Gasteiger partial charge in [-0.25, -0.2) is 4.98 Å². The van der Waals surface area contributed by atoms with Gasteiger partial charge in [-0.2, -0.15) is 0 Å². The van der Waals surface area contributed by atoms with E-state index in [1.54, 1.807) is 24.5 Å². The van der Waals surface area contributed by atoms with Crippen LogP contribution in [0.1, 0.15) is 50.0 Å². The maximum atomic E-state index is 11.4. The summed E-state index contributed by atoms with van der Waals surface area (Å²) in [5.41, 5.74) is 3.01. The Labute approximate surface area is 119 Å². The van der Waals surface area contributed by atoms with Crippen molar-refractivity contribution in [3.05, 3.63) is 40.9 Å². The average Bonchev–Trinajstić information content (AvgIpc) is 2.92. The number of hydrogen-bond donors (Lipinski definition) is 0. The number of aryl methyl sites for hydroxylation is 1. The summed E-state index contributed by atoms with van der Waals surface area (Å²) in [7, 11) is 0. The van der Waals surface area contributed by atoms with Crippen molar-refractivity contribution >= 4 is 17.1 Å². The monoisotopic (exact) mass is 275 g/mol. The van der Waals surface area contributed by atoms with Crippen LogP contribution in [0.3, 0.4) is 0 Å². The van der Waals surface area contributed by atoms with Crippen LogP contribution in [0.4, 0.5) is 0 Å². The smallest absolute Gasteiger partial charge is 0.160 e. The van der Waals surface area contributed by atoms with Gasteiger partial charge in [0.15, 0.2) is 5.78 Å². The van der Waals surface area contributed by atoms with E-state index in [-0.39, 0.29) is 5.78 Å². The van der Waals surface area contributed by atoms with Crippen molar-refractivity contribution in [2.45, 2.75) is 40.5 Å². The fourth-order valence-electron chi connectivity index (χ4n) is 1.73. The van der Waals surface area contributed by atoms with Crippen LogP contribution < -0.4 is 0 Å². The van der Waals surface area contributed by atoms with E-state index in [4.69, 9.17) is 0 Å². The number of benzene rings is 1. The van der Waals surface area contributed by atoms with Gasteiger partial charge < -0.3 is 0 Å². The summed E-state index contributed by atoms with van der Waals surface area (Å²) in [6, 6.07) is 5.93. The number of aromatic nitrogens is 1. The summed E-state index contributed by atoms with van der Waals surface area (Å²) < 4.78 is 0. The van der Waals surface area contributed by atoms with Gasteiger partial charge >= 0.3 is 0 Å². The molecule has 0 fully saturated rings. The minimum Gasteiger partial charge on any atom is -0.295 e.